The van der Waals surface area contributed by atoms with Crippen molar-refractivity contribution in [3.8, 4) is 33.4 Å². The Morgan fingerprint density at radius 2 is 0.750 bits per heavy atom. The SMILES string of the molecule is c1ccc(-c2cccc(N(c3cccc(-c4ccc5cc(-c6ccc7ccccc7c6)ccc5c4)c3)c3ccc4c(c3)oc3ccccc34)c2)cc1. The second-order valence-electron chi connectivity index (χ2n) is 13.4. The number of benzene rings is 9. The van der Waals surface area contributed by atoms with E-state index >= 15 is 0 Å². The van der Waals surface area contributed by atoms with Crippen molar-refractivity contribution in [1.29, 1.82) is 0 Å². The van der Waals surface area contributed by atoms with Crippen LogP contribution >= 0.6 is 0 Å². The molecule has 9 aromatic carbocycles. The molecule has 2 heteroatoms. The highest BCUT2D eigenvalue weighted by Gasteiger charge is 2.17. The van der Waals surface area contributed by atoms with Crippen molar-refractivity contribution in [2.45, 2.75) is 0 Å². The first kappa shape index (κ1) is 30.0. The highest BCUT2D eigenvalue weighted by Crippen LogP contribution is 2.41. The molecule has 0 fully saturated rings. The summed E-state index contributed by atoms with van der Waals surface area (Å²) in [5.74, 6) is 0. The number of para-hydroxylation sites is 1. The number of hydrogen-bond acceptors (Lipinski definition) is 2. The average Bonchev–Trinajstić information content (AvgIpc) is 3.59. The van der Waals surface area contributed by atoms with Crippen LogP contribution in [0, 0.1) is 0 Å². The van der Waals surface area contributed by atoms with E-state index in [9.17, 15) is 0 Å². The molecule has 0 atom stereocenters. The van der Waals surface area contributed by atoms with E-state index < -0.39 is 0 Å². The van der Waals surface area contributed by atoms with Crippen LogP contribution in [0.2, 0.25) is 0 Å². The Morgan fingerprint density at radius 1 is 0.269 bits per heavy atom. The fourth-order valence-corrected chi connectivity index (χ4v) is 7.55. The maximum absolute atomic E-state index is 6.37. The van der Waals surface area contributed by atoms with Gasteiger partial charge in [-0.3, -0.25) is 0 Å². The van der Waals surface area contributed by atoms with Gasteiger partial charge in [-0.2, -0.15) is 0 Å². The standard InChI is InChI=1S/C50H33NO/c1-2-10-34(11-3-1)37-14-8-16-44(31-37)51(46-26-27-48-47-18-6-7-19-49(47)52-50(48)33-46)45-17-9-15-38(32-45)39-22-23-43-30-42(25-24-41(43)29-39)40-21-20-35-12-4-5-13-36(35)28-40/h1-33H. The van der Waals surface area contributed by atoms with Gasteiger partial charge >= 0.3 is 0 Å². The Kier molecular flexibility index (Phi) is 7.18. The molecule has 0 saturated carbocycles. The predicted octanol–water partition coefficient (Wildman–Crippen LogP) is 14.4. The van der Waals surface area contributed by atoms with Gasteiger partial charge in [-0.25, -0.2) is 0 Å². The molecule has 0 unspecified atom stereocenters. The predicted molar refractivity (Wildman–Crippen MR) is 220 cm³/mol. The molecule has 2 nitrogen and oxygen atoms in total. The molecule has 1 aromatic heterocycles. The molecule has 10 rings (SSSR count). The minimum Gasteiger partial charge on any atom is -0.456 e. The summed E-state index contributed by atoms with van der Waals surface area (Å²) in [6.07, 6.45) is 0. The van der Waals surface area contributed by atoms with E-state index in [-0.39, 0.29) is 0 Å². The van der Waals surface area contributed by atoms with E-state index in [1.165, 1.54) is 49.4 Å². The van der Waals surface area contributed by atoms with E-state index in [1.54, 1.807) is 0 Å². The Morgan fingerprint density at radius 3 is 1.44 bits per heavy atom. The van der Waals surface area contributed by atoms with Gasteiger partial charge in [0.15, 0.2) is 0 Å². The molecule has 10 aromatic rings. The normalized spacial score (nSPS) is 11.5. The second-order valence-corrected chi connectivity index (χ2v) is 13.4. The van der Waals surface area contributed by atoms with Crippen LogP contribution in [0.4, 0.5) is 17.1 Å². The zero-order valence-corrected chi connectivity index (χ0v) is 28.4. The molecule has 0 aliphatic heterocycles. The van der Waals surface area contributed by atoms with Crippen LogP contribution < -0.4 is 4.90 Å². The topological polar surface area (TPSA) is 16.4 Å². The van der Waals surface area contributed by atoms with Crippen molar-refractivity contribution in [1.82, 2.24) is 0 Å². The highest BCUT2D eigenvalue weighted by molar-refractivity contribution is 6.06. The number of nitrogens with zero attached hydrogens (tertiary/aromatic N) is 1. The number of hydrogen-bond donors (Lipinski definition) is 0. The number of anilines is 3. The van der Waals surface area contributed by atoms with Gasteiger partial charge in [0.2, 0.25) is 0 Å². The molecule has 0 saturated heterocycles. The highest BCUT2D eigenvalue weighted by atomic mass is 16.3. The summed E-state index contributed by atoms with van der Waals surface area (Å²) >= 11 is 0. The minimum absolute atomic E-state index is 0.872. The summed E-state index contributed by atoms with van der Waals surface area (Å²) in [6.45, 7) is 0. The van der Waals surface area contributed by atoms with Gasteiger partial charge in [0.25, 0.3) is 0 Å². The third-order valence-electron chi connectivity index (χ3n) is 10.2. The summed E-state index contributed by atoms with van der Waals surface area (Å²) < 4.78 is 6.37. The van der Waals surface area contributed by atoms with Gasteiger partial charge in [0.1, 0.15) is 11.2 Å². The Labute approximate surface area is 302 Å². The van der Waals surface area contributed by atoms with E-state index in [0.717, 1.165) is 44.6 Å². The van der Waals surface area contributed by atoms with Crippen molar-refractivity contribution < 1.29 is 4.42 Å². The van der Waals surface area contributed by atoms with Crippen LogP contribution in [0.3, 0.4) is 0 Å². The fourth-order valence-electron chi connectivity index (χ4n) is 7.55. The summed E-state index contributed by atoms with van der Waals surface area (Å²) in [7, 11) is 0. The molecule has 0 radical (unpaired) electrons. The Balaban J connectivity index is 1.06. The molecule has 0 bridgehead atoms. The van der Waals surface area contributed by atoms with Crippen LogP contribution in [0.1, 0.15) is 0 Å². The van der Waals surface area contributed by atoms with Gasteiger partial charge < -0.3 is 9.32 Å². The first-order chi connectivity index (χ1) is 25.7. The maximum atomic E-state index is 6.37. The molecule has 0 aliphatic carbocycles. The zero-order valence-electron chi connectivity index (χ0n) is 28.4. The third-order valence-corrected chi connectivity index (χ3v) is 10.2. The van der Waals surface area contributed by atoms with E-state index in [2.05, 4.69) is 193 Å². The number of furan rings is 1. The molecule has 1 heterocycles. The third kappa shape index (κ3) is 5.39. The van der Waals surface area contributed by atoms with Gasteiger partial charge in [0.05, 0.1) is 0 Å². The average molecular weight is 664 g/mol. The first-order valence-electron chi connectivity index (χ1n) is 17.7. The quantitative estimate of drug-likeness (QED) is 0.176. The maximum Gasteiger partial charge on any atom is 0.137 e. The second kappa shape index (κ2) is 12.5. The van der Waals surface area contributed by atoms with E-state index in [0.29, 0.717) is 0 Å². The molecule has 0 amide bonds. The summed E-state index contributed by atoms with van der Waals surface area (Å²) in [5, 5.41) is 7.21. The zero-order chi connectivity index (χ0) is 34.4. The molecule has 52 heavy (non-hydrogen) atoms. The van der Waals surface area contributed by atoms with Crippen LogP contribution in [0.15, 0.2) is 205 Å². The van der Waals surface area contributed by atoms with Crippen molar-refractivity contribution in [3.05, 3.63) is 200 Å². The van der Waals surface area contributed by atoms with Crippen LogP contribution in [-0.4, -0.2) is 0 Å². The smallest absolute Gasteiger partial charge is 0.137 e. The van der Waals surface area contributed by atoms with Crippen molar-refractivity contribution in [2.24, 2.45) is 0 Å². The van der Waals surface area contributed by atoms with Crippen molar-refractivity contribution >= 4 is 60.5 Å². The van der Waals surface area contributed by atoms with Crippen LogP contribution in [-0.2, 0) is 0 Å². The molecule has 0 aliphatic rings. The summed E-state index contributed by atoms with van der Waals surface area (Å²) in [5.41, 5.74) is 12.1. The molecular formula is C50H33NO. The van der Waals surface area contributed by atoms with Crippen molar-refractivity contribution in [3.63, 3.8) is 0 Å². The lowest BCUT2D eigenvalue weighted by Crippen LogP contribution is -2.10. The Hall–Kier alpha value is -6.90. The lowest BCUT2D eigenvalue weighted by atomic mass is 9.96. The van der Waals surface area contributed by atoms with Crippen LogP contribution in [0.5, 0.6) is 0 Å². The lowest BCUT2D eigenvalue weighted by Gasteiger charge is -2.26. The monoisotopic (exact) mass is 663 g/mol. The molecule has 0 spiro atoms. The van der Waals surface area contributed by atoms with Crippen LogP contribution in [0.25, 0.3) is 76.9 Å². The van der Waals surface area contributed by atoms with Gasteiger partial charge in [-0.05, 0) is 116 Å². The molecule has 244 valence electrons. The number of rotatable bonds is 6. The summed E-state index contributed by atoms with van der Waals surface area (Å²) in [4.78, 5) is 2.33. The van der Waals surface area contributed by atoms with Crippen molar-refractivity contribution in [2.75, 3.05) is 4.90 Å². The van der Waals surface area contributed by atoms with Gasteiger partial charge in [-0.1, -0.05) is 133 Å². The molecular weight excluding hydrogens is 631 g/mol. The first-order valence-corrected chi connectivity index (χ1v) is 17.7. The van der Waals surface area contributed by atoms with Gasteiger partial charge in [0, 0.05) is 33.9 Å². The van der Waals surface area contributed by atoms with E-state index in [4.69, 9.17) is 4.42 Å². The largest absolute Gasteiger partial charge is 0.456 e. The lowest BCUT2D eigenvalue weighted by molar-refractivity contribution is 0.669. The fraction of sp³-hybridized carbons (Fsp3) is 0. The minimum atomic E-state index is 0.872. The number of fused-ring (bicyclic) bond motifs is 5. The van der Waals surface area contributed by atoms with E-state index in [1.807, 2.05) is 12.1 Å². The molecule has 0 N–H and O–H groups in total. The summed E-state index contributed by atoms with van der Waals surface area (Å²) in [6, 6.07) is 71.8. The van der Waals surface area contributed by atoms with Gasteiger partial charge in [-0.15, -0.1) is 0 Å². The Bertz CT molecular complexity index is 2920.